The number of hydrogen-bond acceptors (Lipinski definition) is 6. The van der Waals surface area contributed by atoms with Crippen LogP contribution in [0.5, 0.6) is 5.75 Å². The Morgan fingerprint density at radius 1 is 1.07 bits per heavy atom. The van der Waals surface area contributed by atoms with Gasteiger partial charge < -0.3 is 9.64 Å². The van der Waals surface area contributed by atoms with Gasteiger partial charge in [0.05, 0.1) is 16.9 Å². The molecule has 0 spiro atoms. The fourth-order valence-corrected chi connectivity index (χ4v) is 5.00. The molecule has 2 aromatic carbocycles. The number of benzene rings is 2. The molecular weight excluding hydrogens is 404 g/mol. The van der Waals surface area contributed by atoms with Crippen molar-refractivity contribution in [2.45, 2.75) is 35.5 Å². The van der Waals surface area contributed by atoms with Gasteiger partial charge in [-0.3, -0.25) is 10.0 Å². The van der Waals surface area contributed by atoms with Crippen LogP contribution in [0, 0.1) is 5.92 Å². The maximum absolute atomic E-state index is 12.8. The van der Waals surface area contributed by atoms with Crippen molar-refractivity contribution in [1.82, 2.24) is 10.4 Å². The summed E-state index contributed by atoms with van der Waals surface area (Å²) in [6.45, 7) is 2.62. The number of ether oxygens (including phenoxy) is 1. The summed E-state index contributed by atoms with van der Waals surface area (Å²) in [7, 11) is -2.01. The molecule has 2 aromatic rings. The van der Waals surface area contributed by atoms with Gasteiger partial charge in [-0.15, -0.1) is 0 Å². The average molecular weight is 433 g/mol. The molecule has 7 nitrogen and oxygen atoms in total. The molecule has 30 heavy (non-hydrogen) atoms. The monoisotopic (exact) mass is 432 g/mol. The molecule has 0 aliphatic carbocycles. The average Bonchev–Trinajstić information content (AvgIpc) is 2.79. The van der Waals surface area contributed by atoms with E-state index in [0.717, 1.165) is 50.9 Å². The summed E-state index contributed by atoms with van der Waals surface area (Å²) in [6, 6.07) is 13.4. The lowest BCUT2D eigenvalue weighted by Crippen LogP contribution is -2.40. The molecule has 1 saturated heterocycles. The van der Waals surface area contributed by atoms with E-state index in [-0.39, 0.29) is 21.6 Å². The Kier molecular flexibility index (Phi) is 7.47. The summed E-state index contributed by atoms with van der Waals surface area (Å²) < 4.78 is 30.6. The Morgan fingerprint density at radius 2 is 1.63 bits per heavy atom. The van der Waals surface area contributed by atoms with Crippen LogP contribution < -0.4 is 10.2 Å². The molecule has 0 unspecified atom stereocenters. The molecule has 1 amide bonds. The lowest BCUT2D eigenvalue weighted by atomic mass is 9.96. The Bertz CT molecular complexity index is 934. The lowest BCUT2D eigenvalue weighted by molar-refractivity contribution is -0.134. The Morgan fingerprint density at radius 3 is 2.17 bits per heavy atom. The third kappa shape index (κ3) is 5.38. The van der Waals surface area contributed by atoms with Gasteiger partial charge in [-0.2, -0.15) is 0 Å². The summed E-state index contributed by atoms with van der Waals surface area (Å²) in [5, 5.41) is 8.72. The van der Waals surface area contributed by atoms with Crippen molar-refractivity contribution >= 4 is 15.7 Å². The topological polar surface area (TPSA) is 95.9 Å². The minimum absolute atomic E-state index is 0.105. The van der Waals surface area contributed by atoms with Crippen LogP contribution in [0.3, 0.4) is 0 Å². The number of hydroxylamine groups is 1. The van der Waals surface area contributed by atoms with E-state index in [2.05, 4.69) is 4.90 Å². The first-order chi connectivity index (χ1) is 14.4. The summed E-state index contributed by atoms with van der Waals surface area (Å²) in [5.41, 5.74) is 2.83. The maximum Gasteiger partial charge on any atom is 0.246 e. The smallest absolute Gasteiger partial charge is 0.246 e. The molecule has 3 rings (SSSR count). The molecule has 1 aliphatic rings. The molecule has 2 N–H and O–H groups in total. The second-order valence-electron chi connectivity index (χ2n) is 7.52. The third-order valence-electron chi connectivity index (χ3n) is 5.61. The number of sulfone groups is 1. The van der Waals surface area contributed by atoms with Crippen LogP contribution >= 0.6 is 0 Å². The van der Waals surface area contributed by atoms with E-state index in [1.807, 2.05) is 12.1 Å². The van der Waals surface area contributed by atoms with Crippen molar-refractivity contribution < 1.29 is 23.2 Å². The zero-order chi connectivity index (χ0) is 21.6. The van der Waals surface area contributed by atoms with Crippen LogP contribution in [0.15, 0.2) is 58.3 Å². The number of nitrogens with one attached hydrogen (secondary N) is 1. The third-order valence-corrected chi connectivity index (χ3v) is 7.40. The standard InChI is InChI=1S/C22H28N2O5S/c1-29-19-6-10-21(11-7-19)30(27,28)20-8-4-17(5-9-20)3-2-14-24-15-12-18(13-16-24)22(25)23-26/h4-11,18,26H,2-3,12-16H2,1H3,(H,23,25). The van der Waals surface area contributed by atoms with Crippen molar-refractivity contribution in [1.29, 1.82) is 0 Å². The van der Waals surface area contributed by atoms with Gasteiger partial charge in [0.15, 0.2) is 0 Å². The fourth-order valence-electron chi connectivity index (χ4n) is 3.74. The number of nitrogens with zero attached hydrogens (tertiary/aromatic N) is 1. The zero-order valence-corrected chi connectivity index (χ0v) is 17.9. The van der Waals surface area contributed by atoms with Gasteiger partial charge in [-0.1, -0.05) is 12.1 Å². The number of likely N-dealkylation sites (tertiary alicyclic amines) is 1. The summed E-state index contributed by atoms with van der Waals surface area (Å²) in [6.07, 6.45) is 3.33. The molecule has 1 fully saturated rings. The van der Waals surface area contributed by atoms with Crippen LogP contribution in [0.1, 0.15) is 24.8 Å². The van der Waals surface area contributed by atoms with E-state index in [1.165, 1.54) is 0 Å². The van der Waals surface area contributed by atoms with Crippen molar-refractivity contribution in [3.63, 3.8) is 0 Å². The van der Waals surface area contributed by atoms with E-state index in [1.54, 1.807) is 49.0 Å². The van der Waals surface area contributed by atoms with Crippen molar-refractivity contribution in [2.75, 3.05) is 26.7 Å². The SMILES string of the molecule is COc1ccc(S(=O)(=O)c2ccc(CCCN3CCC(C(=O)NO)CC3)cc2)cc1. The van der Waals surface area contributed by atoms with Crippen LogP contribution in [-0.4, -0.2) is 51.2 Å². The number of piperidine rings is 1. The minimum Gasteiger partial charge on any atom is -0.497 e. The number of amides is 1. The molecule has 0 aromatic heterocycles. The number of carbonyl (C=O) groups is 1. The number of carbonyl (C=O) groups excluding carboxylic acids is 1. The highest BCUT2D eigenvalue weighted by Crippen LogP contribution is 2.24. The Hall–Kier alpha value is -2.42. The highest BCUT2D eigenvalue weighted by molar-refractivity contribution is 7.91. The Balaban J connectivity index is 1.50. The van der Waals surface area contributed by atoms with Gasteiger partial charge in [0.1, 0.15) is 5.75 Å². The van der Waals surface area contributed by atoms with E-state index in [0.29, 0.717) is 5.75 Å². The van der Waals surface area contributed by atoms with Gasteiger partial charge in [0.2, 0.25) is 15.7 Å². The van der Waals surface area contributed by atoms with E-state index in [4.69, 9.17) is 9.94 Å². The summed E-state index contributed by atoms with van der Waals surface area (Å²) in [4.78, 5) is 14.3. The van der Waals surface area contributed by atoms with E-state index >= 15 is 0 Å². The summed E-state index contributed by atoms with van der Waals surface area (Å²) in [5.74, 6) is 0.218. The molecule has 0 bridgehead atoms. The number of rotatable bonds is 8. The lowest BCUT2D eigenvalue weighted by Gasteiger charge is -2.30. The molecule has 0 saturated carbocycles. The quantitative estimate of drug-likeness (QED) is 0.492. The molecule has 1 aliphatic heterocycles. The first-order valence-electron chi connectivity index (χ1n) is 10.1. The van der Waals surface area contributed by atoms with Gasteiger partial charge in [-0.05, 0) is 87.3 Å². The second-order valence-corrected chi connectivity index (χ2v) is 9.47. The van der Waals surface area contributed by atoms with Crippen LogP contribution in [0.2, 0.25) is 0 Å². The largest absolute Gasteiger partial charge is 0.497 e. The van der Waals surface area contributed by atoms with Crippen LogP contribution in [0.25, 0.3) is 0 Å². The van der Waals surface area contributed by atoms with Crippen LogP contribution in [-0.2, 0) is 21.1 Å². The van der Waals surface area contributed by atoms with Crippen molar-refractivity contribution in [3.8, 4) is 5.75 Å². The molecule has 0 atom stereocenters. The zero-order valence-electron chi connectivity index (χ0n) is 17.1. The summed E-state index contributed by atoms with van der Waals surface area (Å²) >= 11 is 0. The minimum atomic E-state index is -3.55. The van der Waals surface area contributed by atoms with Crippen molar-refractivity contribution in [3.05, 3.63) is 54.1 Å². The molecule has 162 valence electrons. The first-order valence-corrected chi connectivity index (χ1v) is 11.6. The van der Waals surface area contributed by atoms with Gasteiger partial charge in [0, 0.05) is 5.92 Å². The number of methoxy groups -OCH3 is 1. The van der Waals surface area contributed by atoms with Gasteiger partial charge in [-0.25, -0.2) is 13.9 Å². The van der Waals surface area contributed by atoms with Crippen LogP contribution in [0.4, 0.5) is 0 Å². The maximum atomic E-state index is 12.8. The van der Waals surface area contributed by atoms with Crippen molar-refractivity contribution in [2.24, 2.45) is 5.92 Å². The fraction of sp³-hybridized carbons (Fsp3) is 0.409. The predicted molar refractivity (Wildman–Crippen MR) is 112 cm³/mol. The molecular formula is C22H28N2O5S. The second kappa shape index (κ2) is 10.1. The van der Waals surface area contributed by atoms with Gasteiger partial charge >= 0.3 is 0 Å². The van der Waals surface area contributed by atoms with Gasteiger partial charge in [0.25, 0.3) is 0 Å². The van der Waals surface area contributed by atoms with E-state index < -0.39 is 9.84 Å². The predicted octanol–water partition coefficient (Wildman–Crippen LogP) is 2.68. The number of hydrogen-bond donors (Lipinski definition) is 2. The Labute approximate surface area is 177 Å². The molecule has 1 heterocycles. The normalized spacial score (nSPS) is 15.7. The highest BCUT2D eigenvalue weighted by atomic mass is 32.2. The first kappa shape index (κ1) is 22.3. The van der Waals surface area contributed by atoms with E-state index in [9.17, 15) is 13.2 Å². The highest BCUT2D eigenvalue weighted by Gasteiger charge is 2.24. The number of aryl methyl sites for hydroxylation is 1. The molecule has 8 heteroatoms. The molecule has 0 radical (unpaired) electrons.